The van der Waals surface area contributed by atoms with Crippen LogP contribution in [0.1, 0.15) is 16.7 Å². The molecular weight excluding hydrogens is 350 g/mol. The van der Waals surface area contributed by atoms with E-state index in [4.69, 9.17) is 9.47 Å². The summed E-state index contributed by atoms with van der Waals surface area (Å²) in [7, 11) is 1.73. The zero-order valence-electron chi connectivity index (χ0n) is 16.1. The molecule has 3 aromatic rings. The number of ether oxygens (including phenoxy) is 2. The molecule has 0 bridgehead atoms. The summed E-state index contributed by atoms with van der Waals surface area (Å²) in [6, 6.07) is 24.1. The molecule has 3 aromatic carbocycles. The lowest BCUT2D eigenvalue weighted by atomic mass is 9.95. The number of nitrogens with zero attached hydrogens (tertiary/aromatic N) is 1. The summed E-state index contributed by atoms with van der Waals surface area (Å²) in [5, 5.41) is 0. The van der Waals surface area contributed by atoms with E-state index in [-0.39, 0.29) is 6.09 Å². The van der Waals surface area contributed by atoms with Gasteiger partial charge in [0.1, 0.15) is 5.75 Å². The zero-order chi connectivity index (χ0) is 19.5. The molecule has 1 atom stereocenters. The Morgan fingerprint density at radius 2 is 1.71 bits per heavy atom. The van der Waals surface area contributed by atoms with Crippen LogP contribution in [0.4, 0.5) is 4.79 Å². The Balaban J connectivity index is 1.46. The molecular formula is C24H23NO3. The lowest BCUT2D eigenvalue weighted by Crippen LogP contribution is -2.32. The van der Waals surface area contributed by atoms with Crippen molar-refractivity contribution in [3.8, 4) is 16.9 Å². The van der Waals surface area contributed by atoms with E-state index < -0.39 is 6.29 Å². The minimum Gasteiger partial charge on any atom is -0.454 e. The standard InChI is InChI=1S/C24H23NO3/c1-17-9-6-7-12-19(17)20-13-8-14-22-21(20)15-23(27-22)28-24(26)25(2)16-18-10-4-3-5-11-18/h3-14,23H,15-16H2,1-2H3. The minimum absolute atomic E-state index is 0.390. The van der Waals surface area contributed by atoms with E-state index in [0.717, 1.165) is 22.4 Å². The van der Waals surface area contributed by atoms with Crippen molar-refractivity contribution in [2.24, 2.45) is 0 Å². The Morgan fingerprint density at radius 3 is 2.50 bits per heavy atom. The highest BCUT2D eigenvalue weighted by Gasteiger charge is 2.29. The lowest BCUT2D eigenvalue weighted by Gasteiger charge is -2.19. The Hall–Kier alpha value is -3.27. The smallest absolute Gasteiger partial charge is 0.412 e. The first kappa shape index (κ1) is 18.1. The number of rotatable bonds is 4. The molecule has 0 spiro atoms. The molecule has 1 amide bonds. The van der Waals surface area contributed by atoms with Gasteiger partial charge in [-0.2, -0.15) is 0 Å². The van der Waals surface area contributed by atoms with E-state index in [9.17, 15) is 4.79 Å². The monoisotopic (exact) mass is 373 g/mol. The van der Waals surface area contributed by atoms with Crippen LogP contribution in [0, 0.1) is 6.92 Å². The van der Waals surface area contributed by atoms with E-state index in [1.807, 2.05) is 54.6 Å². The molecule has 28 heavy (non-hydrogen) atoms. The van der Waals surface area contributed by atoms with Gasteiger partial charge in [-0.1, -0.05) is 66.7 Å². The summed E-state index contributed by atoms with van der Waals surface area (Å²) in [4.78, 5) is 14.0. The van der Waals surface area contributed by atoms with Gasteiger partial charge in [-0.25, -0.2) is 4.79 Å². The van der Waals surface area contributed by atoms with Crippen LogP contribution in [-0.4, -0.2) is 24.3 Å². The third-order valence-electron chi connectivity index (χ3n) is 5.00. The van der Waals surface area contributed by atoms with Gasteiger partial charge in [0.2, 0.25) is 6.29 Å². The number of fused-ring (bicyclic) bond motifs is 1. The molecule has 4 nitrogen and oxygen atoms in total. The maximum Gasteiger partial charge on any atom is 0.412 e. The Labute approximate surface area is 165 Å². The predicted molar refractivity (Wildman–Crippen MR) is 109 cm³/mol. The maximum absolute atomic E-state index is 12.5. The Morgan fingerprint density at radius 1 is 1.00 bits per heavy atom. The third kappa shape index (κ3) is 3.72. The highest BCUT2D eigenvalue weighted by molar-refractivity contribution is 5.74. The van der Waals surface area contributed by atoms with Gasteiger partial charge < -0.3 is 14.4 Å². The molecule has 0 aliphatic carbocycles. The molecule has 4 heteroatoms. The molecule has 0 radical (unpaired) electrons. The first-order valence-electron chi connectivity index (χ1n) is 9.42. The van der Waals surface area contributed by atoms with Crippen molar-refractivity contribution in [3.63, 3.8) is 0 Å². The molecule has 1 aliphatic heterocycles. The van der Waals surface area contributed by atoms with E-state index in [2.05, 4.69) is 25.1 Å². The summed E-state index contributed by atoms with van der Waals surface area (Å²) in [5.41, 5.74) is 5.65. The fraction of sp³-hybridized carbons (Fsp3) is 0.208. The third-order valence-corrected chi connectivity index (χ3v) is 5.00. The van der Waals surface area contributed by atoms with Crippen molar-refractivity contribution in [2.75, 3.05) is 7.05 Å². The zero-order valence-corrected chi connectivity index (χ0v) is 16.1. The normalized spacial score (nSPS) is 14.9. The van der Waals surface area contributed by atoms with Gasteiger partial charge in [0, 0.05) is 19.2 Å². The van der Waals surface area contributed by atoms with Crippen LogP contribution in [0.2, 0.25) is 0 Å². The van der Waals surface area contributed by atoms with Crippen LogP contribution in [0.15, 0.2) is 72.8 Å². The number of carbonyl (C=O) groups excluding carboxylic acids is 1. The summed E-state index contributed by atoms with van der Waals surface area (Å²) in [6.45, 7) is 2.59. The van der Waals surface area contributed by atoms with Crippen LogP contribution in [0.3, 0.4) is 0 Å². The van der Waals surface area contributed by atoms with Crippen molar-refractivity contribution < 1.29 is 14.3 Å². The molecule has 1 unspecified atom stereocenters. The SMILES string of the molecule is Cc1ccccc1-c1cccc2c1CC(OC(=O)N(C)Cc1ccccc1)O2. The fourth-order valence-corrected chi connectivity index (χ4v) is 3.55. The number of carbonyl (C=O) groups is 1. The highest BCUT2D eigenvalue weighted by Crippen LogP contribution is 2.38. The Bertz CT molecular complexity index is 984. The van der Waals surface area contributed by atoms with Crippen molar-refractivity contribution >= 4 is 6.09 Å². The van der Waals surface area contributed by atoms with Crippen LogP contribution in [0.5, 0.6) is 5.75 Å². The van der Waals surface area contributed by atoms with Crippen molar-refractivity contribution in [1.82, 2.24) is 4.90 Å². The van der Waals surface area contributed by atoms with Crippen molar-refractivity contribution in [2.45, 2.75) is 26.2 Å². The molecule has 142 valence electrons. The quantitative estimate of drug-likeness (QED) is 0.632. The van der Waals surface area contributed by atoms with Gasteiger partial charge in [-0.3, -0.25) is 0 Å². The topological polar surface area (TPSA) is 38.8 Å². The summed E-state index contributed by atoms with van der Waals surface area (Å²) < 4.78 is 11.5. The molecule has 0 aromatic heterocycles. The number of amides is 1. The molecule has 1 heterocycles. The molecule has 1 aliphatic rings. The van der Waals surface area contributed by atoms with E-state index in [1.54, 1.807) is 11.9 Å². The van der Waals surface area contributed by atoms with E-state index in [0.29, 0.717) is 13.0 Å². The molecule has 0 fully saturated rings. The maximum atomic E-state index is 12.5. The minimum atomic E-state index is -0.606. The van der Waals surface area contributed by atoms with Crippen LogP contribution in [-0.2, 0) is 17.7 Å². The molecule has 0 saturated carbocycles. The number of aryl methyl sites for hydroxylation is 1. The number of hydrogen-bond donors (Lipinski definition) is 0. The van der Waals surface area contributed by atoms with E-state index in [1.165, 1.54) is 11.1 Å². The van der Waals surface area contributed by atoms with E-state index >= 15 is 0 Å². The Kier molecular flexibility index (Phi) is 5.02. The van der Waals surface area contributed by atoms with Gasteiger partial charge in [-0.05, 0) is 35.2 Å². The van der Waals surface area contributed by atoms with Gasteiger partial charge in [0.05, 0.1) is 6.42 Å². The summed E-state index contributed by atoms with van der Waals surface area (Å²) >= 11 is 0. The molecule has 4 rings (SSSR count). The van der Waals surface area contributed by atoms with Gasteiger partial charge >= 0.3 is 6.09 Å². The average molecular weight is 373 g/mol. The average Bonchev–Trinajstić information content (AvgIpc) is 3.11. The van der Waals surface area contributed by atoms with Crippen LogP contribution in [0.25, 0.3) is 11.1 Å². The van der Waals surface area contributed by atoms with Gasteiger partial charge in [-0.15, -0.1) is 0 Å². The largest absolute Gasteiger partial charge is 0.454 e. The second-order valence-electron chi connectivity index (χ2n) is 7.07. The predicted octanol–water partition coefficient (Wildman–Crippen LogP) is 5.19. The van der Waals surface area contributed by atoms with Crippen LogP contribution >= 0.6 is 0 Å². The van der Waals surface area contributed by atoms with Gasteiger partial charge in [0.15, 0.2) is 0 Å². The molecule has 0 N–H and O–H groups in total. The first-order chi connectivity index (χ1) is 13.6. The lowest BCUT2D eigenvalue weighted by molar-refractivity contribution is -0.0303. The number of benzene rings is 3. The second kappa shape index (κ2) is 7.77. The fourth-order valence-electron chi connectivity index (χ4n) is 3.55. The van der Waals surface area contributed by atoms with Crippen molar-refractivity contribution in [3.05, 3.63) is 89.5 Å². The summed E-state index contributed by atoms with van der Waals surface area (Å²) in [6.07, 6.45) is -0.449. The molecule has 0 saturated heterocycles. The summed E-state index contributed by atoms with van der Waals surface area (Å²) in [5.74, 6) is 0.782. The van der Waals surface area contributed by atoms with Gasteiger partial charge in [0.25, 0.3) is 0 Å². The van der Waals surface area contributed by atoms with Crippen molar-refractivity contribution in [1.29, 1.82) is 0 Å². The first-order valence-corrected chi connectivity index (χ1v) is 9.42. The highest BCUT2D eigenvalue weighted by atomic mass is 16.7. The second-order valence-corrected chi connectivity index (χ2v) is 7.07. The van der Waals surface area contributed by atoms with Crippen LogP contribution < -0.4 is 4.74 Å². The number of hydrogen-bond acceptors (Lipinski definition) is 3.